The summed E-state index contributed by atoms with van der Waals surface area (Å²) in [5.41, 5.74) is 9.06. The largest absolute Gasteiger partial charge is 0.478 e. The van der Waals surface area contributed by atoms with Crippen molar-refractivity contribution in [3.63, 3.8) is 0 Å². The average Bonchev–Trinajstić information content (AvgIpc) is 2.67. The molecule has 3 rings (SSSR count). The van der Waals surface area contributed by atoms with Gasteiger partial charge in [0.1, 0.15) is 0 Å². The second-order valence-electron chi connectivity index (χ2n) is 6.27. The summed E-state index contributed by atoms with van der Waals surface area (Å²) in [5.74, 6) is -2.36. The van der Waals surface area contributed by atoms with Crippen LogP contribution >= 0.6 is 0 Å². The van der Waals surface area contributed by atoms with Crippen LogP contribution in [-0.4, -0.2) is 22.2 Å². The molecule has 0 heterocycles. The smallest absolute Gasteiger partial charge is 0.336 e. The molecular weight excluding hydrogens is 342 g/mol. The topological polar surface area (TPSA) is 101 Å². The molecule has 136 valence electrons. The minimum atomic E-state index is -1.18. The summed E-state index contributed by atoms with van der Waals surface area (Å²) in [6.45, 7) is 1.65. The van der Waals surface area contributed by atoms with Crippen LogP contribution in [-0.2, 0) is 0 Å². The molecule has 0 aromatic heterocycles. The SMILES string of the molecule is Cc1ccc(C(=O)O)c(-c2ccccc2C(N)c2ccccc2)c1C(=O)O. The Labute approximate surface area is 156 Å². The fraction of sp³-hybridized carbons (Fsp3) is 0.0909. The molecule has 27 heavy (non-hydrogen) atoms. The molecule has 0 bridgehead atoms. The third kappa shape index (κ3) is 3.45. The van der Waals surface area contributed by atoms with Crippen molar-refractivity contribution in [2.24, 2.45) is 5.73 Å². The first-order valence-electron chi connectivity index (χ1n) is 8.41. The molecule has 3 aromatic carbocycles. The number of carboxylic acids is 2. The highest BCUT2D eigenvalue weighted by atomic mass is 16.4. The lowest BCUT2D eigenvalue weighted by Gasteiger charge is -2.20. The number of hydrogen-bond donors (Lipinski definition) is 3. The van der Waals surface area contributed by atoms with Crippen molar-refractivity contribution in [1.82, 2.24) is 0 Å². The zero-order valence-electron chi connectivity index (χ0n) is 14.7. The van der Waals surface area contributed by atoms with Gasteiger partial charge in [-0.1, -0.05) is 60.7 Å². The second kappa shape index (κ2) is 7.43. The maximum absolute atomic E-state index is 11.9. The van der Waals surface area contributed by atoms with Gasteiger partial charge in [0.05, 0.1) is 17.2 Å². The number of carbonyl (C=O) groups is 2. The average molecular weight is 361 g/mol. The summed E-state index contributed by atoms with van der Waals surface area (Å²) in [4.78, 5) is 23.7. The summed E-state index contributed by atoms with van der Waals surface area (Å²) in [5, 5.41) is 19.4. The number of hydrogen-bond acceptors (Lipinski definition) is 3. The van der Waals surface area contributed by atoms with E-state index in [0.717, 1.165) is 5.56 Å². The van der Waals surface area contributed by atoms with E-state index < -0.39 is 18.0 Å². The van der Waals surface area contributed by atoms with Crippen LogP contribution in [0, 0.1) is 6.92 Å². The second-order valence-corrected chi connectivity index (χ2v) is 6.27. The molecule has 0 saturated heterocycles. The van der Waals surface area contributed by atoms with Gasteiger partial charge in [0, 0.05) is 5.56 Å². The lowest BCUT2D eigenvalue weighted by Crippen LogP contribution is -2.15. The van der Waals surface area contributed by atoms with Crippen LogP contribution in [0.15, 0.2) is 66.7 Å². The Kier molecular flexibility index (Phi) is 5.05. The van der Waals surface area contributed by atoms with Gasteiger partial charge >= 0.3 is 11.9 Å². The van der Waals surface area contributed by atoms with Crippen LogP contribution in [0.3, 0.4) is 0 Å². The Morgan fingerprint density at radius 1 is 0.852 bits per heavy atom. The van der Waals surface area contributed by atoms with E-state index in [1.165, 1.54) is 12.1 Å². The molecular formula is C22H19NO4. The molecule has 0 aliphatic heterocycles. The third-order valence-electron chi connectivity index (χ3n) is 4.58. The quantitative estimate of drug-likeness (QED) is 0.635. The molecule has 0 aliphatic rings. The Morgan fingerprint density at radius 2 is 1.48 bits per heavy atom. The van der Waals surface area contributed by atoms with E-state index in [9.17, 15) is 19.8 Å². The lowest BCUT2D eigenvalue weighted by molar-refractivity contribution is 0.0695. The molecule has 1 unspecified atom stereocenters. The van der Waals surface area contributed by atoms with Crippen molar-refractivity contribution < 1.29 is 19.8 Å². The Balaban J connectivity index is 2.32. The third-order valence-corrected chi connectivity index (χ3v) is 4.58. The Hall–Kier alpha value is -3.44. The molecule has 0 saturated carbocycles. The predicted molar refractivity (Wildman–Crippen MR) is 103 cm³/mol. The zero-order chi connectivity index (χ0) is 19.6. The molecule has 4 N–H and O–H groups in total. The minimum Gasteiger partial charge on any atom is -0.478 e. The van der Waals surface area contributed by atoms with Crippen LogP contribution in [0.25, 0.3) is 11.1 Å². The summed E-state index contributed by atoms with van der Waals surface area (Å²) in [7, 11) is 0. The number of aromatic carboxylic acids is 2. The van der Waals surface area contributed by atoms with Gasteiger partial charge in [-0.05, 0) is 35.2 Å². The standard InChI is InChI=1S/C22H19NO4/c1-13-11-12-17(21(24)25)19(18(13)22(26)27)15-9-5-6-10-16(15)20(23)14-7-3-2-4-8-14/h2-12,20H,23H2,1H3,(H,24,25)(H,26,27). The summed E-state index contributed by atoms with van der Waals surface area (Å²) in [6, 6.07) is 18.9. The van der Waals surface area contributed by atoms with Gasteiger partial charge in [-0.15, -0.1) is 0 Å². The molecule has 0 radical (unpaired) electrons. The van der Waals surface area contributed by atoms with E-state index in [-0.39, 0.29) is 16.7 Å². The van der Waals surface area contributed by atoms with Crippen molar-refractivity contribution >= 4 is 11.9 Å². The van der Waals surface area contributed by atoms with Gasteiger partial charge in [0.25, 0.3) is 0 Å². The number of nitrogens with two attached hydrogens (primary N) is 1. The fourth-order valence-electron chi connectivity index (χ4n) is 3.28. The lowest BCUT2D eigenvalue weighted by atomic mass is 9.85. The normalized spacial score (nSPS) is 11.8. The van der Waals surface area contributed by atoms with Gasteiger partial charge in [0.15, 0.2) is 0 Å². The van der Waals surface area contributed by atoms with Crippen LogP contribution in [0.5, 0.6) is 0 Å². The number of carboxylic acid groups (broad SMARTS) is 2. The van der Waals surface area contributed by atoms with Crippen LogP contribution in [0.4, 0.5) is 0 Å². The molecule has 3 aromatic rings. The van der Waals surface area contributed by atoms with Crippen LogP contribution < -0.4 is 5.73 Å². The van der Waals surface area contributed by atoms with E-state index in [0.29, 0.717) is 16.7 Å². The fourth-order valence-corrected chi connectivity index (χ4v) is 3.28. The van der Waals surface area contributed by atoms with Gasteiger partial charge in [0.2, 0.25) is 0 Å². The molecule has 1 atom stereocenters. The Morgan fingerprint density at radius 3 is 2.11 bits per heavy atom. The maximum atomic E-state index is 11.9. The summed E-state index contributed by atoms with van der Waals surface area (Å²) < 4.78 is 0. The Bertz CT molecular complexity index is 1010. The van der Waals surface area contributed by atoms with Crippen molar-refractivity contribution in [2.75, 3.05) is 0 Å². The van der Waals surface area contributed by atoms with E-state index in [2.05, 4.69) is 0 Å². The summed E-state index contributed by atoms with van der Waals surface area (Å²) in [6.07, 6.45) is 0. The minimum absolute atomic E-state index is 0.0254. The van der Waals surface area contributed by atoms with Crippen molar-refractivity contribution in [1.29, 1.82) is 0 Å². The highest BCUT2D eigenvalue weighted by Crippen LogP contribution is 2.36. The number of benzene rings is 3. The van der Waals surface area contributed by atoms with Gasteiger partial charge in [-0.2, -0.15) is 0 Å². The van der Waals surface area contributed by atoms with Crippen molar-refractivity contribution in [3.8, 4) is 11.1 Å². The van der Waals surface area contributed by atoms with Gasteiger partial charge in [-0.25, -0.2) is 9.59 Å². The zero-order valence-corrected chi connectivity index (χ0v) is 14.7. The van der Waals surface area contributed by atoms with E-state index >= 15 is 0 Å². The highest BCUT2D eigenvalue weighted by Gasteiger charge is 2.25. The van der Waals surface area contributed by atoms with Gasteiger partial charge < -0.3 is 15.9 Å². The van der Waals surface area contributed by atoms with Gasteiger partial charge in [-0.3, -0.25) is 0 Å². The monoisotopic (exact) mass is 361 g/mol. The van der Waals surface area contributed by atoms with E-state index in [1.54, 1.807) is 31.2 Å². The first kappa shape index (κ1) is 18.4. The molecule has 0 amide bonds. The number of aryl methyl sites for hydroxylation is 1. The van der Waals surface area contributed by atoms with Crippen molar-refractivity contribution in [2.45, 2.75) is 13.0 Å². The van der Waals surface area contributed by atoms with E-state index in [4.69, 9.17) is 5.73 Å². The first-order valence-corrected chi connectivity index (χ1v) is 8.41. The van der Waals surface area contributed by atoms with Crippen molar-refractivity contribution in [3.05, 3.63) is 94.5 Å². The van der Waals surface area contributed by atoms with Crippen LogP contribution in [0.1, 0.15) is 43.4 Å². The maximum Gasteiger partial charge on any atom is 0.336 e. The van der Waals surface area contributed by atoms with E-state index in [1.807, 2.05) is 30.3 Å². The molecule has 0 fully saturated rings. The molecule has 5 nitrogen and oxygen atoms in total. The molecule has 0 spiro atoms. The van der Waals surface area contributed by atoms with Crippen LogP contribution in [0.2, 0.25) is 0 Å². The molecule has 5 heteroatoms. The predicted octanol–water partition coefficient (Wildman–Crippen LogP) is 4.11. The summed E-state index contributed by atoms with van der Waals surface area (Å²) >= 11 is 0. The number of rotatable bonds is 5. The first-order chi connectivity index (χ1) is 12.9. The highest BCUT2D eigenvalue weighted by molar-refractivity contribution is 6.06. The molecule has 0 aliphatic carbocycles.